The van der Waals surface area contributed by atoms with Crippen LogP contribution in [0.3, 0.4) is 0 Å². The summed E-state index contributed by atoms with van der Waals surface area (Å²) in [6.45, 7) is 0. The predicted octanol–water partition coefficient (Wildman–Crippen LogP) is 2.88. The molecule has 1 aliphatic carbocycles. The first kappa shape index (κ1) is 14.8. The van der Waals surface area contributed by atoms with Gasteiger partial charge in [0.25, 0.3) is 0 Å². The van der Waals surface area contributed by atoms with E-state index in [9.17, 15) is 4.79 Å². The van der Waals surface area contributed by atoms with Crippen molar-refractivity contribution in [2.24, 2.45) is 5.92 Å². The van der Waals surface area contributed by atoms with E-state index < -0.39 is 0 Å². The normalized spacial score (nSPS) is 29.6. The summed E-state index contributed by atoms with van der Waals surface area (Å²) in [5, 5.41) is 6.81. The molecule has 1 aromatic carbocycles. The van der Waals surface area contributed by atoms with Crippen LogP contribution in [0.25, 0.3) is 6.08 Å². The van der Waals surface area contributed by atoms with Crippen LogP contribution in [-0.2, 0) is 4.79 Å². The number of nitrogens with one attached hydrogen (secondary N) is 2. The van der Waals surface area contributed by atoms with Gasteiger partial charge in [-0.25, -0.2) is 0 Å². The van der Waals surface area contributed by atoms with E-state index in [1.165, 1.54) is 16.9 Å². The molecule has 0 saturated carbocycles. The molecule has 3 unspecified atom stereocenters. The number of carbonyl (C=O) groups is 1. The average Bonchev–Trinajstić information content (AvgIpc) is 3.13. The second kappa shape index (κ2) is 6.06. The summed E-state index contributed by atoms with van der Waals surface area (Å²) in [6, 6.07) is 7.86. The number of carbonyl (C=O) groups excluding carboxylic acids is 1. The first-order chi connectivity index (χ1) is 11.3. The number of rotatable bonds is 3. The molecule has 120 valence electrons. The summed E-state index contributed by atoms with van der Waals surface area (Å²) in [6.07, 6.45) is 7.28. The third-order valence-corrected chi connectivity index (χ3v) is 6.10. The molecule has 23 heavy (non-hydrogen) atoms. The summed E-state index contributed by atoms with van der Waals surface area (Å²) >= 11 is 1.85. The van der Waals surface area contributed by atoms with Gasteiger partial charge in [-0.1, -0.05) is 24.3 Å². The van der Waals surface area contributed by atoms with E-state index in [1.54, 1.807) is 7.11 Å². The minimum absolute atomic E-state index is 0.0217. The molecule has 5 heteroatoms. The third kappa shape index (κ3) is 2.68. The van der Waals surface area contributed by atoms with Crippen LogP contribution in [-0.4, -0.2) is 24.6 Å². The Morgan fingerprint density at radius 3 is 3.04 bits per heavy atom. The maximum absolute atomic E-state index is 12.5. The topological polar surface area (TPSA) is 50.4 Å². The second-order valence-corrected chi connectivity index (χ2v) is 7.31. The molecule has 1 fully saturated rings. The molecule has 2 aliphatic heterocycles. The van der Waals surface area contributed by atoms with Crippen LogP contribution in [0.4, 0.5) is 0 Å². The first-order valence-electron chi connectivity index (χ1n) is 8.02. The molecule has 0 bridgehead atoms. The van der Waals surface area contributed by atoms with Crippen LogP contribution < -0.4 is 15.4 Å². The Morgan fingerprint density at radius 1 is 1.30 bits per heavy atom. The van der Waals surface area contributed by atoms with Crippen molar-refractivity contribution in [2.45, 2.75) is 30.8 Å². The molecule has 0 radical (unpaired) electrons. The van der Waals surface area contributed by atoms with E-state index in [4.69, 9.17) is 4.74 Å². The van der Waals surface area contributed by atoms with Crippen LogP contribution >= 0.6 is 11.8 Å². The fourth-order valence-electron chi connectivity index (χ4n) is 3.60. The minimum atomic E-state index is -0.138. The van der Waals surface area contributed by atoms with Gasteiger partial charge >= 0.3 is 0 Å². The maximum Gasteiger partial charge on any atom is 0.231 e. The van der Waals surface area contributed by atoms with E-state index in [0.717, 1.165) is 24.2 Å². The number of amides is 1. The minimum Gasteiger partial charge on any atom is -0.496 e. The number of ether oxygens (including phenoxy) is 1. The van der Waals surface area contributed by atoms with Crippen molar-refractivity contribution in [2.75, 3.05) is 7.11 Å². The first-order valence-corrected chi connectivity index (χ1v) is 8.90. The summed E-state index contributed by atoms with van der Waals surface area (Å²) in [4.78, 5) is 13.9. The van der Waals surface area contributed by atoms with Gasteiger partial charge in [0.15, 0.2) is 0 Å². The number of thioether (sulfide) groups is 1. The number of hydrogen-bond acceptors (Lipinski definition) is 4. The highest BCUT2D eigenvalue weighted by Crippen LogP contribution is 2.50. The maximum atomic E-state index is 12.5. The number of allylic oxidation sites excluding steroid dienone is 1. The Balaban J connectivity index is 1.48. The molecular formula is C18H20N2O2S. The SMILES string of the molecule is COc1ccccc1C=CC1NC(=O)C2C3=C(CCC3)SC2N1. The lowest BCUT2D eigenvalue weighted by Gasteiger charge is -2.33. The monoisotopic (exact) mass is 328 g/mol. The zero-order chi connectivity index (χ0) is 15.8. The van der Waals surface area contributed by atoms with E-state index >= 15 is 0 Å². The van der Waals surface area contributed by atoms with Crippen molar-refractivity contribution in [1.82, 2.24) is 10.6 Å². The lowest BCUT2D eigenvalue weighted by Crippen LogP contribution is -2.58. The smallest absolute Gasteiger partial charge is 0.231 e. The van der Waals surface area contributed by atoms with Gasteiger partial charge in [-0.2, -0.15) is 0 Å². The van der Waals surface area contributed by atoms with Crippen molar-refractivity contribution in [3.05, 3.63) is 46.4 Å². The van der Waals surface area contributed by atoms with Gasteiger partial charge < -0.3 is 10.1 Å². The average molecular weight is 328 g/mol. The van der Waals surface area contributed by atoms with Gasteiger partial charge in [-0.15, -0.1) is 11.8 Å². The number of fused-ring (bicyclic) bond motifs is 2. The van der Waals surface area contributed by atoms with E-state index in [2.05, 4.69) is 10.6 Å². The zero-order valence-electron chi connectivity index (χ0n) is 13.0. The quantitative estimate of drug-likeness (QED) is 0.896. The molecule has 1 saturated heterocycles. The van der Waals surface area contributed by atoms with Crippen LogP contribution in [0.15, 0.2) is 40.8 Å². The van der Waals surface area contributed by atoms with Crippen LogP contribution in [0.5, 0.6) is 5.75 Å². The molecule has 4 rings (SSSR count). The number of para-hydroxylation sites is 1. The molecule has 0 aromatic heterocycles. The lowest BCUT2D eigenvalue weighted by molar-refractivity contribution is -0.126. The highest BCUT2D eigenvalue weighted by Gasteiger charge is 2.45. The van der Waals surface area contributed by atoms with E-state index in [0.29, 0.717) is 0 Å². The fourth-order valence-corrected chi connectivity index (χ4v) is 5.19. The highest BCUT2D eigenvalue weighted by atomic mass is 32.2. The molecule has 3 atom stereocenters. The fraction of sp³-hybridized carbons (Fsp3) is 0.389. The van der Waals surface area contributed by atoms with Gasteiger partial charge in [0, 0.05) is 5.56 Å². The molecule has 0 spiro atoms. The van der Waals surface area contributed by atoms with Crippen molar-refractivity contribution in [1.29, 1.82) is 0 Å². The molecule has 2 N–H and O–H groups in total. The Kier molecular flexibility index (Phi) is 3.91. The van der Waals surface area contributed by atoms with Gasteiger partial charge in [0.05, 0.1) is 24.6 Å². The second-order valence-electron chi connectivity index (χ2n) is 6.07. The highest BCUT2D eigenvalue weighted by molar-refractivity contribution is 8.04. The predicted molar refractivity (Wildman–Crippen MR) is 92.8 cm³/mol. The van der Waals surface area contributed by atoms with Gasteiger partial charge in [0.2, 0.25) is 5.91 Å². The molecule has 1 aromatic rings. The largest absolute Gasteiger partial charge is 0.496 e. The number of benzene rings is 1. The Morgan fingerprint density at radius 2 is 2.17 bits per heavy atom. The van der Waals surface area contributed by atoms with Gasteiger partial charge in [-0.05, 0) is 41.9 Å². The van der Waals surface area contributed by atoms with Crippen molar-refractivity contribution in [3.8, 4) is 5.75 Å². The zero-order valence-corrected chi connectivity index (χ0v) is 13.9. The molecular weight excluding hydrogens is 308 g/mol. The van der Waals surface area contributed by atoms with Crippen LogP contribution in [0.2, 0.25) is 0 Å². The molecule has 3 aliphatic rings. The third-order valence-electron chi connectivity index (χ3n) is 4.69. The van der Waals surface area contributed by atoms with E-state index in [-0.39, 0.29) is 23.4 Å². The Hall–Kier alpha value is -1.72. The standard InChI is InChI=1S/C18H20N2O2S/c1-22-13-7-3-2-5-11(13)9-10-15-19-17(21)16-12-6-4-8-14(12)23-18(16)20-15/h2-3,5,7,9-10,15-16,18,20H,4,6,8H2,1H3,(H,19,21). The lowest BCUT2D eigenvalue weighted by atomic mass is 9.95. The Labute approximate surface area is 140 Å². The Bertz CT molecular complexity index is 698. The number of hydrogen-bond donors (Lipinski definition) is 2. The molecule has 4 nitrogen and oxygen atoms in total. The van der Waals surface area contributed by atoms with Crippen LogP contribution in [0, 0.1) is 5.92 Å². The van der Waals surface area contributed by atoms with Crippen molar-refractivity contribution in [3.63, 3.8) is 0 Å². The van der Waals surface area contributed by atoms with Crippen LogP contribution in [0.1, 0.15) is 24.8 Å². The molecule has 1 amide bonds. The summed E-state index contributed by atoms with van der Waals surface area (Å²) in [5.74, 6) is 1.01. The summed E-state index contributed by atoms with van der Waals surface area (Å²) in [7, 11) is 1.67. The summed E-state index contributed by atoms with van der Waals surface area (Å²) < 4.78 is 5.36. The number of methoxy groups -OCH3 is 1. The van der Waals surface area contributed by atoms with Gasteiger partial charge in [-0.3, -0.25) is 10.1 Å². The van der Waals surface area contributed by atoms with Crippen molar-refractivity contribution >= 4 is 23.7 Å². The van der Waals surface area contributed by atoms with Gasteiger partial charge in [0.1, 0.15) is 5.75 Å². The molecule has 2 heterocycles. The van der Waals surface area contributed by atoms with E-state index in [1.807, 2.05) is 48.2 Å². The van der Waals surface area contributed by atoms with Crippen molar-refractivity contribution < 1.29 is 9.53 Å². The summed E-state index contributed by atoms with van der Waals surface area (Å²) in [5.41, 5.74) is 2.38.